The van der Waals surface area contributed by atoms with Gasteiger partial charge in [-0.15, -0.1) is 0 Å². The van der Waals surface area contributed by atoms with Crippen molar-refractivity contribution >= 4 is 11.9 Å². The molecule has 1 atom stereocenters. The highest BCUT2D eigenvalue weighted by Gasteiger charge is 2.11. The monoisotopic (exact) mass is 605 g/mol. The minimum Gasteiger partial charge on any atom is -0.463 e. The molecule has 0 fully saturated rings. The van der Waals surface area contributed by atoms with Crippen molar-refractivity contribution in [3.63, 3.8) is 0 Å². The standard InChI is InChI=1S/C38H68O5/c1-3-5-7-9-11-13-15-17-18-19-20-21-23-25-27-29-31-33-38(41)43-35-36(39)34-42-37(40)32-30-28-26-24-22-16-14-12-10-8-6-4-2/h17-18,20-21,25,27,36,39H,3-16,19,22-24,26,28-35H2,1-2H3/b18-17-,21-20-,27-25-/t36-/m1/s1. The Bertz CT molecular complexity index is 696. The zero-order valence-electron chi connectivity index (χ0n) is 28.2. The summed E-state index contributed by atoms with van der Waals surface area (Å²) in [5, 5.41) is 9.96. The van der Waals surface area contributed by atoms with Crippen LogP contribution in [0.2, 0.25) is 0 Å². The maximum absolute atomic E-state index is 11.9. The summed E-state index contributed by atoms with van der Waals surface area (Å²) in [6, 6.07) is 0. The highest BCUT2D eigenvalue weighted by molar-refractivity contribution is 5.69. The zero-order chi connectivity index (χ0) is 31.5. The normalized spacial score (nSPS) is 12.5. The number of hydrogen-bond acceptors (Lipinski definition) is 5. The summed E-state index contributed by atoms with van der Waals surface area (Å²) in [5.74, 6) is -0.623. The Kier molecular flexibility index (Phi) is 33.1. The van der Waals surface area contributed by atoms with E-state index in [9.17, 15) is 14.7 Å². The van der Waals surface area contributed by atoms with Gasteiger partial charge in [0.2, 0.25) is 0 Å². The molecule has 0 saturated heterocycles. The van der Waals surface area contributed by atoms with Gasteiger partial charge < -0.3 is 14.6 Å². The first-order valence-corrected chi connectivity index (χ1v) is 18.0. The maximum atomic E-state index is 11.9. The lowest BCUT2D eigenvalue weighted by atomic mass is 10.0. The van der Waals surface area contributed by atoms with E-state index in [1.807, 2.05) is 0 Å². The fourth-order valence-electron chi connectivity index (χ4n) is 4.87. The third kappa shape index (κ3) is 34.5. The van der Waals surface area contributed by atoms with E-state index >= 15 is 0 Å². The largest absolute Gasteiger partial charge is 0.463 e. The predicted molar refractivity (Wildman–Crippen MR) is 182 cm³/mol. The van der Waals surface area contributed by atoms with Crippen LogP contribution >= 0.6 is 0 Å². The molecule has 5 heteroatoms. The Hall–Kier alpha value is -1.88. The number of esters is 2. The second kappa shape index (κ2) is 34.6. The molecule has 0 amide bonds. The molecule has 0 rings (SSSR count). The number of unbranched alkanes of at least 4 members (excludes halogenated alkanes) is 18. The van der Waals surface area contributed by atoms with Crippen molar-refractivity contribution in [3.8, 4) is 0 Å². The summed E-state index contributed by atoms with van der Waals surface area (Å²) in [4.78, 5) is 23.8. The van der Waals surface area contributed by atoms with E-state index in [4.69, 9.17) is 9.47 Å². The fraction of sp³-hybridized carbons (Fsp3) is 0.789. The van der Waals surface area contributed by atoms with Gasteiger partial charge in [0.25, 0.3) is 0 Å². The van der Waals surface area contributed by atoms with Gasteiger partial charge >= 0.3 is 11.9 Å². The van der Waals surface area contributed by atoms with Gasteiger partial charge in [-0.1, -0.05) is 153 Å². The van der Waals surface area contributed by atoms with E-state index in [1.54, 1.807) is 0 Å². The third-order valence-electron chi connectivity index (χ3n) is 7.63. The molecule has 0 heterocycles. The first kappa shape index (κ1) is 41.1. The summed E-state index contributed by atoms with van der Waals surface area (Å²) in [6.07, 6.45) is 40.5. The lowest BCUT2D eigenvalue weighted by molar-refractivity contribution is -0.152. The Labute approximate surface area is 266 Å². The number of ether oxygens (including phenoxy) is 2. The summed E-state index contributed by atoms with van der Waals surface area (Å²) < 4.78 is 10.3. The van der Waals surface area contributed by atoms with E-state index in [2.05, 4.69) is 50.3 Å². The van der Waals surface area contributed by atoms with E-state index < -0.39 is 6.10 Å². The molecule has 0 aromatic rings. The molecule has 0 bridgehead atoms. The smallest absolute Gasteiger partial charge is 0.305 e. The van der Waals surface area contributed by atoms with Crippen molar-refractivity contribution < 1.29 is 24.2 Å². The lowest BCUT2D eigenvalue weighted by Gasteiger charge is -2.12. The Balaban J connectivity index is 3.53. The summed E-state index contributed by atoms with van der Waals surface area (Å²) in [6.45, 7) is 4.24. The molecule has 0 aliphatic heterocycles. The van der Waals surface area contributed by atoms with Gasteiger partial charge in [0.05, 0.1) is 0 Å². The first-order valence-electron chi connectivity index (χ1n) is 18.0. The molecule has 0 aromatic carbocycles. The molecule has 250 valence electrons. The van der Waals surface area contributed by atoms with Crippen LogP contribution in [0.15, 0.2) is 36.5 Å². The minimum atomic E-state index is -0.980. The van der Waals surface area contributed by atoms with Crippen LogP contribution in [0.25, 0.3) is 0 Å². The molecular weight excluding hydrogens is 536 g/mol. The van der Waals surface area contributed by atoms with E-state index in [0.29, 0.717) is 19.3 Å². The molecule has 0 aliphatic rings. The highest BCUT2D eigenvalue weighted by atomic mass is 16.6. The SMILES string of the molecule is CCCCCCCC/C=C\C/C=C\C/C=C\CCCC(=O)OC[C@H](O)COC(=O)CCCCCCCCCCCCCC. The second-order valence-corrected chi connectivity index (χ2v) is 12.0. The fourth-order valence-corrected chi connectivity index (χ4v) is 4.87. The van der Waals surface area contributed by atoms with Gasteiger partial charge in [-0.25, -0.2) is 0 Å². The van der Waals surface area contributed by atoms with E-state index in [1.165, 1.54) is 103 Å². The van der Waals surface area contributed by atoms with Crippen molar-refractivity contribution in [3.05, 3.63) is 36.5 Å². The van der Waals surface area contributed by atoms with Crippen molar-refractivity contribution in [2.24, 2.45) is 0 Å². The van der Waals surface area contributed by atoms with Crippen LogP contribution in [0.1, 0.15) is 174 Å². The third-order valence-corrected chi connectivity index (χ3v) is 7.63. The molecule has 0 spiro atoms. The highest BCUT2D eigenvalue weighted by Crippen LogP contribution is 2.13. The molecule has 0 unspecified atom stereocenters. The molecule has 43 heavy (non-hydrogen) atoms. The van der Waals surface area contributed by atoms with Gasteiger partial charge in [-0.2, -0.15) is 0 Å². The average Bonchev–Trinajstić information content (AvgIpc) is 3.01. The predicted octanol–water partition coefficient (Wildman–Crippen LogP) is 10.9. The first-order chi connectivity index (χ1) is 21.1. The van der Waals surface area contributed by atoms with Crippen molar-refractivity contribution in [2.45, 2.75) is 180 Å². The van der Waals surface area contributed by atoms with E-state index in [0.717, 1.165) is 38.5 Å². The van der Waals surface area contributed by atoms with E-state index in [-0.39, 0.29) is 25.2 Å². The number of aliphatic hydroxyl groups excluding tert-OH is 1. The summed E-state index contributed by atoms with van der Waals surface area (Å²) >= 11 is 0. The zero-order valence-corrected chi connectivity index (χ0v) is 28.2. The molecule has 1 N–H and O–H groups in total. The van der Waals surface area contributed by atoms with Gasteiger partial charge in [0.15, 0.2) is 0 Å². The molecule has 0 aliphatic carbocycles. The topological polar surface area (TPSA) is 72.8 Å². The minimum absolute atomic E-state index is 0.129. The van der Waals surface area contributed by atoms with Crippen molar-refractivity contribution in [1.29, 1.82) is 0 Å². The molecule has 5 nitrogen and oxygen atoms in total. The number of hydrogen-bond donors (Lipinski definition) is 1. The van der Waals surface area contributed by atoms with Crippen LogP contribution in [-0.2, 0) is 19.1 Å². The number of allylic oxidation sites excluding steroid dienone is 6. The van der Waals surface area contributed by atoms with Gasteiger partial charge in [-0.05, 0) is 44.9 Å². The van der Waals surface area contributed by atoms with Crippen LogP contribution in [0.4, 0.5) is 0 Å². The van der Waals surface area contributed by atoms with Crippen LogP contribution in [0.5, 0.6) is 0 Å². The maximum Gasteiger partial charge on any atom is 0.305 e. The Morgan fingerprint density at radius 2 is 0.837 bits per heavy atom. The second-order valence-electron chi connectivity index (χ2n) is 12.0. The number of rotatable bonds is 32. The Morgan fingerprint density at radius 3 is 1.30 bits per heavy atom. The average molecular weight is 605 g/mol. The molecular formula is C38H68O5. The van der Waals surface area contributed by atoms with Gasteiger partial charge in [-0.3, -0.25) is 9.59 Å². The van der Waals surface area contributed by atoms with Crippen LogP contribution in [0, 0.1) is 0 Å². The van der Waals surface area contributed by atoms with Crippen LogP contribution < -0.4 is 0 Å². The quantitative estimate of drug-likeness (QED) is 0.0470. The number of aliphatic hydroxyl groups is 1. The van der Waals surface area contributed by atoms with Gasteiger partial charge in [0.1, 0.15) is 19.3 Å². The summed E-state index contributed by atoms with van der Waals surface area (Å²) in [7, 11) is 0. The summed E-state index contributed by atoms with van der Waals surface area (Å²) in [5.41, 5.74) is 0. The van der Waals surface area contributed by atoms with Crippen molar-refractivity contribution in [1.82, 2.24) is 0 Å². The van der Waals surface area contributed by atoms with Crippen molar-refractivity contribution in [2.75, 3.05) is 13.2 Å². The van der Waals surface area contributed by atoms with Crippen LogP contribution in [-0.4, -0.2) is 36.4 Å². The Morgan fingerprint density at radius 1 is 0.488 bits per heavy atom. The molecule has 0 saturated carbocycles. The van der Waals surface area contributed by atoms with Gasteiger partial charge in [0, 0.05) is 12.8 Å². The van der Waals surface area contributed by atoms with Crippen LogP contribution in [0.3, 0.4) is 0 Å². The molecule has 0 aromatic heterocycles. The lowest BCUT2D eigenvalue weighted by Crippen LogP contribution is -2.25. The molecule has 0 radical (unpaired) electrons. The number of carbonyl (C=O) groups excluding carboxylic acids is 2. The number of carbonyl (C=O) groups is 2.